The van der Waals surface area contributed by atoms with Crippen LogP contribution in [0.5, 0.6) is 0 Å². The number of carboxylic acids is 2. The molecule has 3 heterocycles. The number of nitrogens with one attached hydrogen (secondary N) is 4. The van der Waals surface area contributed by atoms with Gasteiger partial charge in [-0.2, -0.15) is 4.98 Å². The fraction of sp³-hybridized carbons (Fsp3) is 0.600. The lowest BCUT2D eigenvalue weighted by Gasteiger charge is -2.37. The number of nitrogens with zero attached hydrogens (tertiary/aromatic N) is 1. The molecule has 53 heavy (non-hydrogen) atoms. The number of hydrogen-bond acceptors (Lipinski definition) is 18. The number of nitrogen functional groups attached to an aromatic ring is 1. The Balaban J connectivity index is 1.22. The van der Waals surface area contributed by atoms with Gasteiger partial charge in [0.2, 0.25) is 5.95 Å². The Labute approximate surface area is 301 Å². The number of aliphatic carboxylic acids is 2. The van der Waals surface area contributed by atoms with Crippen molar-refractivity contribution in [2.45, 2.75) is 100 Å². The second-order valence-electron chi connectivity index (χ2n) is 12.7. The van der Waals surface area contributed by atoms with Crippen LogP contribution in [-0.2, 0) is 39.1 Å². The molecular weight excluding hydrogens is 731 g/mol. The van der Waals surface area contributed by atoms with Crippen molar-refractivity contribution in [3.05, 3.63) is 40.2 Å². The molecule has 2 aromatic rings. The fourth-order valence-corrected chi connectivity index (χ4v) is 6.62. The van der Waals surface area contributed by atoms with Crippen LogP contribution in [0.1, 0.15) is 32.3 Å². The highest BCUT2D eigenvalue weighted by molar-refractivity contribution is 7.47. The summed E-state index contributed by atoms with van der Waals surface area (Å²) in [5, 5.41) is 79.7. The summed E-state index contributed by atoms with van der Waals surface area (Å²) in [7, 11) is -5.11. The van der Waals surface area contributed by atoms with E-state index >= 15 is 0 Å². The minimum Gasteiger partial charge on any atom is -0.481 e. The summed E-state index contributed by atoms with van der Waals surface area (Å²) in [5.74, 6) is -2.72. The number of rotatable bonds is 19. The van der Waals surface area contributed by atoms with Gasteiger partial charge >= 0.3 is 19.8 Å². The van der Waals surface area contributed by atoms with Crippen molar-refractivity contribution in [2.24, 2.45) is 0 Å². The van der Waals surface area contributed by atoms with E-state index < -0.39 is 100 Å². The van der Waals surface area contributed by atoms with Gasteiger partial charge in [-0.15, -0.1) is 0 Å². The predicted molar refractivity (Wildman–Crippen MR) is 183 cm³/mol. The first-order valence-electron chi connectivity index (χ1n) is 16.4. The van der Waals surface area contributed by atoms with E-state index in [0.29, 0.717) is 11.4 Å². The van der Waals surface area contributed by atoms with Crippen LogP contribution >= 0.6 is 7.82 Å². The van der Waals surface area contributed by atoms with Gasteiger partial charge in [-0.3, -0.25) is 23.6 Å². The van der Waals surface area contributed by atoms with E-state index in [0.717, 1.165) is 5.69 Å². The van der Waals surface area contributed by atoms with E-state index in [4.69, 9.17) is 25.4 Å². The lowest BCUT2D eigenvalue weighted by molar-refractivity contribution is -0.192. The summed E-state index contributed by atoms with van der Waals surface area (Å²) >= 11 is 0. The van der Waals surface area contributed by atoms with Gasteiger partial charge < -0.3 is 71.8 Å². The monoisotopic (exact) mass is 776 g/mol. The summed E-state index contributed by atoms with van der Waals surface area (Å²) < 4.78 is 32.0. The number of aliphatic hydroxyl groups excluding tert-OH is 5. The van der Waals surface area contributed by atoms with Crippen molar-refractivity contribution in [3.8, 4) is 0 Å². The average molecular weight is 777 g/mol. The average Bonchev–Trinajstić information content (AvgIpc) is 3.35. The zero-order chi connectivity index (χ0) is 39.2. The van der Waals surface area contributed by atoms with Crippen LogP contribution in [0, 0.1) is 0 Å². The molecule has 0 bridgehead atoms. The summed E-state index contributed by atoms with van der Waals surface area (Å²) in [6, 6.07) is 6.40. The fourth-order valence-electron chi connectivity index (χ4n) is 5.71. The Bertz CT molecular complexity index is 1670. The molecule has 0 radical (unpaired) electrons. The maximum absolute atomic E-state index is 12.4. The van der Waals surface area contributed by atoms with E-state index in [2.05, 4.69) is 35.0 Å². The molecule has 22 nitrogen and oxygen atoms in total. The molecule has 1 aromatic heterocycles. The number of carbonyl (C=O) groups is 2. The summed E-state index contributed by atoms with van der Waals surface area (Å²) in [4.78, 5) is 50.8. The Morgan fingerprint density at radius 2 is 1.77 bits per heavy atom. The van der Waals surface area contributed by atoms with Crippen LogP contribution in [0.2, 0.25) is 0 Å². The molecule has 0 aliphatic carbocycles. The molecule has 7 unspecified atom stereocenters. The van der Waals surface area contributed by atoms with Gasteiger partial charge in [-0.1, -0.05) is 12.1 Å². The van der Waals surface area contributed by atoms with Crippen molar-refractivity contribution in [1.29, 1.82) is 0 Å². The SMILES string of the molecule is CC(Nc1ccc(CC(O)C(O)C(O)CO[C@H]2O[C@H](COP(=O)(O)OC(CCC(=O)O)C(=O)O)[C@@H](O)[C@H]2O)cc1)C1Nc2c(nc(N)[nH]c2=O)N[C@H]1C. The quantitative estimate of drug-likeness (QED) is 0.0685. The molecule has 2 aliphatic rings. The number of H-pyrrole nitrogens is 1. The molecular formula is C30H45N6O16P. The molecule has 1 fully saturated rings. The van der Waals surface area contributed by atoms with E-state index in [-0.39, 0.29) is 36.2 Å². The predicted octanol–water partition coefficient (Wildman–Crippen LogP) is -2.01. The standard InChI is InChI=1S/C30H45N6O16P/c1-12(21-13(2)33-26-22(34-21)27(44)36-30(31)35-26)32-15-5-3-14(4-6-15)9-16(37)23(41)17(38)10-49-29-25(43)24(42)19(51-29)11-50-53(47,48)52-18(28(45)46)7-8-20(39)40/h3-6,12-13,16-19,21,23-25,29,32,34,37-38,41-43H,7-11H2,1-2H3,(H,39,40)(H,45,46)(H,47,48)(H4,31,33,35,36,44)/t12?,13-,16?,17?,18?,19+,21?,23?,24+,25+,29-/m0/s1. The minimum absolute atomic E-state index is 0.000402. The number of nitrogens with two attached hydrogens (primary N) is 1. The zero-order valence-electron chi connectivity index (χ0n) is 28.5. The molecule has 2 aliphatic heterocycles. The van der Waals surface area contributed by atoms with Gasteiger partial charge in [0.05, 0.1) is 25.4 Å². The van der Waals surface area contributed by atoms with Gasteiger partial charge in [0.25, 0.3) is 5.56 Å². The second kappa shape index (κ2) is 17.9. The normalized spacial score (nSPS) is 26.5. The van der Waals surface area contributed by atoms with Crippen LogP contribution in [-0.4, -0.2) is 143 Å². The topological polar surface area (TPSA) is 358 Å². The van der Waals surface area contributed by atoms with Gasteiger partial charge in [0.1, 0.15) is 36.2 Å². The number of fused-ring (bicyclic) bond motifs is 1. The summed E-state index contributed by atoms with van der Waals surface area (Å²) in [5.41, 5.74) is 6.85. The smallest absolute Gasteiger partial charge is 0.473 e. The van der Waals surface area contributed by atoms with Crippen molar-refractivity contribution in [1.82, 2.24) is 9.97 Å². The number of benzene rings is 1. The molecule has 0 spiro atoms. The largest absolute Gasteiger partial charge is 0.481 e. The first-order valence-corrected chi connectivity index (χ1v) is 17.9. The van der Waals surface area contributed by atoms with E-state index in [1.54, 1.807) is 24.3 Å². The molecule has 4 rings (SSSR count). The van der Waals surface area contributed by atoms with Crippen LogP contribution in [0.4, 0.5) is 23.1 Å². The minimum atomic E-state index is -5.11. The first kappa shape index (κ1) is 41.8. The number of anilines is 4. The van der Waals surface area contributed by atoms with E-state index in [9.17, 15) is 49.4 Å². The molecule has 1 aromatic carbocycles. The van der Waals surface area contributed by atoms with E-state index in [1.165, 1.54) is 0 Å². The molecule has 296 valence electrons. The van der Waals surface area contributed by atoms with Crippen LogP contribution in [0.15, 0.2) is 29.1 Å². The molecule has 1 saturated heterocycles. The van der Waals surface area contributed by atoms with Crippen molar-refractivity contribution >= 4 is 42.9 Å². The summed E-state index contributed by atoms with van der Waals surface area (Å²) in [6.07, 6.45) is -14.9. The maximum Gasteiger partial charge on any atom is 0.473 e. The number of hydrogen-bond donors (Lipinski definition) is 13. The second-order valence-corrected chi connectivity index (χ2v) is 14.1. The number of phosphoric acid groups is 1. The Hall–Kier alpha value is -3.93. The third-order valence-electron chi connectivity index (χ3n) is 8.58. The molecule has 12 atom stereocenters. The molecule has 0 saturated carbocycles. The Kier molecular flexibility index (Phi) is 14.1. The Morgan fingerprint density at radius 1 is 1.09 bits per heavy atom. The highest BCUT2D eigenvalue weighted by Gasteiger charge is 2.45. The van der Waals surface area contributed by atoms with Crippen LogP contribution in [0.25, 0.3) is 0 Å². The van der Waals surface area contributed by atoms with Crippen LogP contribution in [0.3, 0.4) is 0 Å². The van der Waals surface area contributed by atoms with Gasteiger partial charge in [-0.25, -0.2) is 9.36 Å². The maximum atomic E-state index is 12.4. The zero-order valence-corrected chi connectivity index (χ0v) is 29.4. The highest BCUT2D eigenvalue weighted by Crippen LogP contribution is 2.46. The van der Waals surface area contributed by atoms with Gasteiger partial charge in [0, 0.05) is 30.6 Å². The lowest BCUT2D eigenvalue weighted by Crippen LogP contribution is -2.51. The molecule has 14 N–H and O–H groups in total. The third kappa shape index (κ3) is 11.3. The molecule has 0 amide bonds. The van der Waals surface area contributed by atoms with Gasteiger partial charge in [0.15, 0.2) is 18.2 Å². The first-order chi connectivity index (χ1) is 24.8. The number of aliphatic hydroxyl groups is 5. The van der Waals surface area contributed by atoms with Crippen molar-refractivity contribution in [3.63, 3.8) is 0 Å². The number of phosphoric ester groups is 1. The Morgan fingerprint density at radius 3 is 2.42 bits per heavy atom. The lowest BCUT2D eigenvalue weighted by atomic mass is 9.98. The number of aromatic amines is 1. The number of ether oxygens (including phenoxy) is 2. The summed E-state index contributed by atoms with van der Waals surface area (Å²) in [6.45, 7) is 2.27. The molecule has 23 heteroatoms. The van der Waals surface area contributed by atoms with Gasteiger partial charge in [-0.05, 0) is 38.0 Å². The van der Waals surface area contributed by atoms with Crippen LogP contribution < -0.4 is 27.2 Å². The van der Waals surface area contributed by atoms with E-state index in [1.807, 2.05) is 13.8 Å². The number of aromatic nitrogens is 2. The third-order valence-corrected chi connectivity index (χ3v) is 9.58. The van der Waals surface area contributed by atoms with Crippen molar-refractivity contribution in [2.75, 3.05) is 34.9 Å². The van der Waals surface area contributed by atoms with Crippen molar-refractivity contribution < 1.29 is 73.3 Å². The number of carboxylic acid groups (broad SMARTS) is 2. The highest BCUT2D eigenvalue weighted by atomic mass is 31.2.